The molecular formula is C25H34N4O3S. The van der Waals surface area contributed by atoms with Crippen LogP contribution in [0.25, 0.3) is 0 Å². The Kier molecular flexibility index (Phi) is 7.09. The molecule has 0 unspecified atom stereocenters. The van der Waals surface area contributed by atoms with Crippen molar-refractivity contribution < 1.29 is 14.3 Å². The Morgan fingerprint density at radius 2 is 1.64 bits per heavy atom. The summed E-state index contributed by atoms with van der Waals surface area (Å²) in [4.78, 5) is 15.8. The van der Waals surface area contributed by atoms with Crippen molar-refractivity contribution in [3.05, 3.63) is 30.1 Å². The molecule has 2 heterocycles. The number of rotatable bonds is 6. The molecule has 0 spiro atoms. The first kappa shape index (κ1) is 22.6. The molecule has 8 heteroatoms. The second-order valence-corrected chi connectivity index (χ2v) is 10.4. The number of hydrogen-bond acceptors (Lipinski definition) is 6. The van der Waals surface area contributed by atoms with Crippen molar-refractivity contribution in [3.8, 4) is 11.5 Å². The molecule has 0 radical (unpaired) electrons. The predicted octanol–water partition coefficient (Wildman–Crippen LogP) is 4.91. The van der Waals surface area contributed by atoms with Crippen LogP contribution in [0.3, 0.4) is 0 Å². The lowest BCUT2D eigenvalue weighted by atomic mass is 9.88. The third-order valence-corrected chi connectivity index (χ3v) is 8.22. The van der Waals surface area contributed by atoms with Crippen molar-refractivity contribution >= 4 is 17.7 Å². The van der Waals surface area contributed by atoms with Gasteiger partial charge in [-0.15, -0.1) is 10.2 Å². The highest BCUT2D eigenvalue weighted by molar-refractivity contribution is 7.99. The van der Waals surface area contributed by atoms with Crippen LogP contribution in [0.4, 0.5) is 0 Å². The van der Waals surface area contributed by atoms with Gasteiger partial charge in [-0.3, -0.25) is 4.79 Å². The van der Waals surface area contributed by atoms with Gasteiger partial charge in [0.05, 0.1) is 5.75 Å². The Balaban J connectivity index is 1.25. The molecule has 0 N–H and O–H groups in total. The summed E-state index contributed by atoms with van der Waals surface area (Å²) < 4.78 is 13.9. The van der Waals surface area contributed by atoms with Crippen LogP contribution in [0.5, 0.6) is 11.5 Å². The molecule has 1 aromatic carbocycles. The summed E-state index contributed by atoms with van der Waals surface area (Å²) in [6, 6.07) is 8.49. The van der Waals surface area contributed by atoms with E-state index in [0.29, 0.717) is 24.4 Å². The summed E-state index contributed by atoms with van der Waals surface area (Å²) in [5, 5.41) is 9.49. The number of amides is 1. The normalized spacial score (nSPS) is 21.7. The van der Waals surface area contributed by atoms with Gasteiger partial charge in [0.25, 0.3) is 0 Å². The maximum Gasteiger partial charge on any atom is 0.233 e. The van der Waals surface area contributed by atoms with Gasteiger partial charge >= 0.3 is 0 Å². The fourth-order valence-corrected chi connectivity index (χ4v) is 6.29. The molecule has 0 saturated heterocycles. The van der Waals surface area contributed by atoms with Gasteiger partial charge in [0.1, 0.15) is 6.61 Å². The van der Waals surface area contributed by atoms with Gasteiger partial charge in [0.2, 0.25) is 5.91 Å². The Labute approximate surface area is 200 Å². The summed E-state index contributed by atoms with van der Waals surface area (Å²) in [7, 11) is 1.94. The van der Waals surface area contributed by atoms with Gasteiger partial charge < -0.3 is 18.9 Å². The molecule has 178 valence electrons. The molecule has 1 amide bonds. The zero-order valence-electron chi connectivity index (χ0n) is 19.4. The van der Waals surface area contributed by atoms with Crippen molar-refractivity contribution in [3.63, 3.8) is 0 Å². The van der Waals surface area contributed by atoms with Crippen LogP contribution in [-0.4, -0.2) is 50.0 Å². The summed E-state index contributed by atoms with van der Waals surface area (Å²) in [6.45, 7) is 0.393. The van der Waals surface area contributed by atoms with E-state index in [2.05, 4.69) is 15.1 Å². The fraction of sp³-hybridized carbons (Fsp3) is 0.640. The Bertz CT molecular complexity index is 935. The lowest BCUT2D eigenvalue weighted by Crippen LogP contribution is -2.49. The maximum absolute atomic E-state index is 13.5. The molecule has 1 aliphatic heterocycles. The van der Waals surface area contributed by atoms with Gasteiger partial charge in [-0.05, 0) is 37.8 Å². The Morgan fingerprint density at radius 1 is 1.00 bits per heavy atom. The van der Waals surface area contributed by atoms with Gasteiger partial charge in [-0.2, -0.15) is 0 Å². The molecule has 7 nitrogen and oxygen atoms in total. The van der Waals surface area contributed by atoms with Gasteiger partial charge in [0, 0.05) is 19.1 Å². The maximum atomic E-state index is 13.5. The minimum Gasteiger partial charge on any atom is -0.485 e. The number of carbonyl (C=O) groups excluding carboxylic acids is 1. The Morgan fingerprint density at radius 3 is 2.30 bits per heavy atom. The average Bonchev–Trinajstić information content (AvgIpc) is 3.24. The molecule has 3 aliphatic rings. The number of para-hydroxylation sites is 2. The zero-order chi connectivity index (χ0) is 22.6. The van der Waals surface area contributed by atoms with Crippen molar-refractivity contribution in [1.82, 2.24) is 19.7 Å². The highest BCUT2D eigenvalue weighted by Gasteiger charge is 2.33. The lowest BCUT2D eigenvalue weighted by Gasteiger charge is -2.41. The third-order valence-electron chi connectivity index (χ3n) is 7.21. The van der Waals surface area contributed by atoms with Crippen LogP contribution >= 0.6 is 11.8 Å². The number of aromatic nitrogens is 3. The molecule has 2 saturated carbocycles. The van der Waals surface area contributed by atoms with E-state index in [-0.39, 0.29) is 12.0 Å². The molecule has 33 heavy (non-hydrogen) atoms. The second kappa shape index (κ2) is 10.4. The predicted molar refractivity (Wildman–Crippen MR) is 128 cm³/mol. The quantitative estimate of drug-likeness (QED) is 0.559. The van der Waals surface area contributed by atoms with Crippen LogP contribution in [0.15, 0.2) is 29.4 Å². The van der Waals surface area contributed by atoms with Crippen LogP contribution in [-0.2, 0) is 11.8 Å². The first-order valence-corrected chi connectivity index (χ1v) is 13.4. The second-order valence-electron chi connectivity index (χ2n) is 9.44. The standard InChI is InChI=1S/C25H34N4O3S/c1-28-24(22-16-31-20-14-8-9-15-21(20)32-22)26-27-25(28)33-17-23(30)29(18-10-4-2-5-11-18)19-12-6-3-7-13-19/h8-9,14-15,18-19,22H,2-7,10-13,16-17H2,1H3/t22-/m0/s1. The average molecular weight is 471 g/mol. The minimum atomic E-state index is -0.316. The van der Waals surface area contributed by atoms with E-state index in [1.54, 1.807) is 0 Å². The van der Waals surface area contributed by atoms with Crippen LogP contribution in [0, 0.1) is 0 Å². The molecule has 1 atom stereocenters. The van der Waals surface area contributed by atoms with Crippen LogP contribution < -0.4 is 9.47 Å². The summed E-state index contributed by atoms with van der Waals surface area (Å²) in [5.74, 6) is 2.85. The summed E-state index contributed by atoms with van der Waals surface area (Å²) in [6.07, 6.45) is 11.9. The van der Waals surface area contributed by atoms with Crippen LogP contribution in [0.2, 0.25) is 0 Å². The van der Waals surface area contributed by atoms with E-state index in [1.807, 2.05) is 35.9 Å². The lowest BCUT2D eigenvalue weighted by molar-refractivity contribution is -0.135. The van der Waals surface area contributed by atoms with Gasteiger partial charge in [-0.25, -0.2) is 0 Å². The molecule has 2 aliphatic carbocycles. The molecule has 1 aromatic heterocycles. The molecule has 0 bridgehead atoms. The van der Waals surface area contributed by atoms with Crippen molar-refractivity contribution in [1.29, 1.82) is 0 Å². The van der Waals surface area contributed by atoms with E-state index in [0.717, 1.165) is 48.2 Å². The number of hydrogen-bond donors (Lipinski definition) is 0. The number of fused-ring (bicyclic) bond motifs is 1. The zero-order valence-corrected chi connectivity index (χ0v) is 20.3. The number of carbonyl (C=O) groups is 1. The number of thioether (sulfide) groups is 1. The van der Waals surface area contributed by atoms with Gasteiger partial charge in [0.15, 0.2) is 28.6 Å². The van der Waals surface area contributed by atoms with Crippen molar-refractivity contribution in [2.45, 2.75) is 87.6 Å². The van der Waals surface area contributed by atoms with Crippen molar-refractivity contribution in [2.75, 3.05) is 12.4 Å². The van der Waals surface area contributed by atoms with E-state index in [1.165, 1.54) is 50.3 Å². The van der Waals surface area contributed by atoms with E-state index in [4.69, 9.17) is 9.47 Å². The SMILES string of the molecule is Cn1c(SCC(=O)N(C2CCCCC2)C2CCCCC2)nnc1[C@@H]1COc2ccccc2O1. The van der Waals surface area contributed by atoms with Crippen molar-refractivity contribution in [2.24, 2.45) is 7.05 Å². The van der Waals surface area contributed by atoms with Gasteiger partial charge in [-0.1, -0.05) is 62.4 Å². The summed E-state index contributed by atoms with van der Waals surface area (Å²) >= 11 is 1.48. The molecule has 2 aromatic rings. The summed E-state index contributed by atoms with van der Waals surface area (Å²) in [5.41, 5.74) is 0. The first-order valence-electron chi connectivity index (χ1n) is 12.4. The number of nitrogens with zero attached hydrogens (tertiary/aromatic N) is 4. The van der Waals surface area contributed by atoms with E-state index in [9.17, 15) is 4.79 Å². The topological polar surface area (TPSA) is 69.5 Å². The van der Waals surface area contributed by atoms with E-state index < -0.39 is 0 Å². The molecule has 2 fully saturated rings. The largest absolute Gasteiger partial charge is 0.485 e. The highest BCUT2D eigenvalue weighted by Crippen LogP contribution is 2.36. The molecule has 5 rings (SSSR count). The number of benzene rings is 1. The minimum absolute atomic E-state index is 0.259. The number of ether oxygens (including phenoxy) is 2. The first-order chi connectivity index (χ1) is 16.2. The highest BCUT2D eigenvalue weighted by atomic mass is 32.2. The smallest absolute Gasteiger partial charge is 0.233 e. The fourth-order valence-electron chi connectivity index (χ4n) is 5.50. The monoisotopic (exact) mass is 470 g/mol. The molecular weight excluding hydrogens is 436 g/mol. The van der Waals surface area contributed by atoms with Crippen LogP contribution in [0.1, 0.15) is 76.1 Å². The third kappa shape index (κ3) is 5.00. The Hall–Kier alpha value is -2.22. The van der Waals surface area contributed by atoms with E-state index >= 15 is 0 Å².